The maximum Gasteiger partial charge on any atom is 0.0948 e. The average Bonchev–Trinajstić information content (AvgIpc) is 2.65. The van der Waals surface area contributed by atoms with E-state index in [4.69, 9.17) is 16.3 Å². The van der Waals surface area contributed by atoms with Crippen LogP contribution in [0.25, 0.3) is 0 Å². The number of aromatic nitrogens is 2. The van der Waals surface area contributed by atoms with Gasteiger partial charge in [0.05, 0.1) is 24.0 Å². The van der Waals surface area contributed by atoms with Crippen LogP contribution in [0.2, 0.25) is 0 Å². The summed E-state index contributed by atoms with van der Waals surface area (Å²) >= 11 is 5.83. The topological polar surface area (TPSA) is 27.1 Å². The molecule has 2 rings (SSSR count). The van der Waals surface area contributed by atoms with Gasteiger partial charge in [0, 0.05) is 19.3 Å². The van der Waals surface area contributed by atoms with Gasteiger partial charge in [0.2, 0.25) is 0 Å². The highest BCUT2D eigenvalue weighted by molar-refractivity contribution is 6.16. The predicted molar refractivity (Wildman–Crippen MR) is 59.9 cm³/mol. The number of hydrogen-bond donors (Lipinski definition) is 0. The van der Waals surface area contributed by atoms with Crippen molar-refractivity contribution in [2.45, 2.75) is 38.3 Å². The first-order valence-corrected chi connectivity index (χ1v) is 5.99. The van der Waals surface area contributed by atoms with Crippen LogP contribution in [0.5, 0.6) is 0 Å². The quantitative estimate of drug-likeness (QED) is 0.743. The number of halogens is 1. The fourth-order valence-corrected chi connectivity index (χ4v) is 2.38. The number of nitrogens with zero attached hydrogens (tertiary/aromatic N) is 2. The summed E-state index contributed by atoms with van der Waals surface area (Å²) in [5.41, 5.74) is 1.11. The Hall–Kier alpha value is -0.540. The zero-order valence-electron chi connectivity index (χ0n) is 9.03. The third-order valence-corrected chi connectivity index (χ3v) is 3.26. The molecule has 1 aromatic heterocycles. The van der Waals surface area contributed by atoms with Crippen molar-refractivity contribution < 1.29 is 4.74 Å². The van der Waals surface area contributed by atoms with Crippen LogP contribution in [0.3, 0.4) is 0 Å². The first-order chi connectivity index (χ1) is 7.29. The van der Waals surface area contributed by atoms with E-state index in [1.165, 1.54) is 0 Å². The van der Waals surface area contributed by atoms with Crippen molar-refractivity contribution >= 4 is 11.6 Å². The van der Waals surface area contributed by atoms with Crippen LogP contribution >= 0.6 is 11.6 Å². The molecule has 0 aliphatic carbocycles. The first kappa shape index (κ1) is 11.0. The Morgan fingerprint density at radius 1 is 1.67 bits per heavy atom. The Labute approximate surface area is 95.4 Å². The zero-order chi connectivity index (χ0) is 10.7. The van der Waals surface area contributed by atoms with Gasteiger partial charge in [0.15, 0.2) is 0 Å². The smallest absolute Gasteiger partial charge is 0.0948 e. The molecular formula is C11H17ClN2O. The molecule has 0 radical (unpaired) electrons. The van der Waals surface area contributed by atoms with Crippen molar-refractivity contribution in [3.63, 3.8) is 0 Å². The summed E-state index contributed by atoms with van der Waals surface area (Å²) in [6.07, 6.45) is 6.39. The molecule has 3 nitrogen and oxygen atoms in total. The zero-order valence-corrected chi connectivity index (χ0v) is 9.78. The molecule has 0 saturated carbocycles. The second kappa shape index (κ2) is 4.99. The molecule has 1 saturated heterocycles. The minimum Gasteiger partial charge on any atom is -0.378 e. The lowest BCUT2D eigenvalue weighted by molar-refractivity contribution is -0.00116. The van der Waals surface area contributed by atoms with Crippen LogP contribution in [0.4, 0.5) is 0 Å². The van der Waals surface area contributed by atoms with Gasteiger partial charge in [0.1, 0.15) is 0 Å². The second-order valence-electron chi connectivity index (χ2n) is 4.24. The predicted octanol–water partition coefficient (Wildman–Crippen LogP) is 2.44. The molecule has 1 aliphatic rings. The lowest BCUT2D eigenvalue weighted by Crippen LogP contribution is -2.26. The second-order valence-corrected chi connectivity index (χ2v) is 4.51. The van der Waals surface area contributed by atoms with E-state index in [-0.39, 0.29) is 0 Å². The molecule has 0 N–H and O–H groups in total. The summed E-state index contributed by atoms with van der Waals surface area (Å²) < 4.78 is 7.70. The van der Waals surface area contributed by atoms with Gasteiger partial charge in [-0.2, -0.15) is 0 Å². The van der Waals surface area contributed by atoms with E-state index >= 15 is 0 Å². The summed E-state index contributed by atoms with van der Waals surface area (Å²) in [6.45, 7) is 4.05. The van der Waals surface area contributed by atoms with Crippen LogP contribution in [0.1, 0.15) is 25.5 Å². The summed E-state index contributed by atoms with van der Waals surface area (Å²) in [4.78, 5) is 4.12. The molecule has 0 bridgehead atoms. The lowest BCUT2D eigenvalue weighted by atomic mass is 9.96. The fourth-order valence-electron chi connectivity index (χ4n) is 2.16. The number of hydrogen-bond acceptors (Lipinski definition) is 2. The SMILES string of the molecule is CC1CC(Cn2cncc2CCl)CCO1. The van der Waals surface area contributed by atoms with Crippen LogP contribution in [0, 0.1) is 5.92 Å². The highest BCUT2D eigenvalue weighted by atomic mass is 35.5. The van der Waals surface area contributed by atoms with Gasteiger partial charge in [0.25, 0.3) is 0 Å². The third-order valence-electron chi connectivity index (χ3n) is 2.98. The van der Waals surface area contributed by atoms with E-state index in [9.17, 15) is 0 Å². The van der Waals surface area contributed by atoms with Crippen LogP contribution < -0.4 is 0 Å². The van der Waals surface area contributed by atoms with Crippen LogP contribution in [-0.4, -0.2) is 22.3 Å². The molecule has 2 heterocycles. The van der Waals surface area contributed by atoms with Gasteiger partial charge in [-0.15, -0.1) is 11.6 Å². The maximum atomic E-state index is 5.83. The van der Waals surface area contributed by atoms with Gasteiger partial charge < -0.3 is 9.30 Å². The highest BCUT2D eigenvalue weighted by Gasteiger charge is 2.20. The van der Waals surface area contributed by atoms with Crippen LogP contribution in [-0.2, 0) is 17.2 Å². The van der Waals surface area contributed by atoms with E-state index < -0.39 is 0 Å². The Bertz CT molecular complexity index is 313. The number of imidazole rings is 1. The van der Waals surface area contributed by atoms with Gasteiger partial charge in [-0.3, -0.25) is 0 Å². The van der Waals surface area contributed by atoms with Gasteiger partial charge in [-0.05, 0) is 25.7 Å². The van der Waals surface area contributed by atoms with Crippen molar-refractivity contribution in [1.29, 1.82) is 0 Å². The summed E-state index contributed by atoms with van der Waals surface area (Å²) in [5.74, 6) is 1.24. The highest BCUT2D eigenvalue weighted by Crippen LogP contribution is 2.22. The normalized spacial score (nSPS) is 26.8. The molecule has 4 heteroatoms. The summed E-state index contributed by atoms with van der Waals surface area (Å²) in [6, 6.07) is 0. The van der Waals surface area contributed by atoms with Crippen molar-refractivity contribution in [2.24, 2.45) is 5.92 Å². The molecule has 0 amide bonds. The molecule has 0 aromatic carbocycles. The number of alkyl halides is 1. The standard InChI is InChI=1S/C11H17ClN2O/c1-9-4-10(2-3-15-9)7-14-8-13-6-11(14)5-12/h6,8-10H,2-5,7H2,1H3. The van der Waals surface area contributed by atoms with Gasteiger partial charge in [-0.1, -0.05) is 0 Å². The van der Waals surface area contributed by atoms with E-state index in [0.29, 0.717) is 17.9 Å². The van der Waals surface area contributed by atoms with Crippen LogP contribution in [0.15, 0.2) is 12.5 Å². The molecule has 0 spiro atoms. The van der Waals surface area contributed by atoms with Gasteiger partial charge >= 0.3 is 0 Å². The number of rotatable bonds is 3. The Morgan fingerprint density at radius 3 is 3.27 bits per heavy atom. The summed E-state index contributed by atoms with van der Waals surface area (Å²) in [7, 11) is 0. The van der Waals surface area contributed by atoms with Gasteiger partial charge in [-0.25, -0.2) is 4.98 Å². The first-order valence-electron chi connectivity index (χ1n) is 5.46. The summed E-state index contributed by atoms with van der Waals surface area (Å²) in [5, 5.41) is 0. The van der Waals surface area contributed by atoms with E-state index in [0.717, 1.165) is 31.7 Å². The van der Waals surface area contributed by atoms with Crippen molar-refractivity contribution in [1.82, 2.24) is 9.55 Å². The molecule has 2 unspecified atom stereocenters. The minimum absolute atomic E-state index is 0.395. The Kier molecular flexibility index (Phi) is 3.65. The average molecular weight is 229 g/mol. The number of ether oxygens (including phenoxy) is 1. The van der Waals surface area contributed by atoms with E-state index in [1.54, 1.807) is 0 Å². The van der Waals surface area contributed by atoms with Crippen molar-refractivity contribution in [3.8, 4) is 0 Å². The molecule has 84 valence electrons. The molecule has 1 fully saturated rings. The van der Waals surface area contributed by atoms with Crippen molar-refractivity contribution in [3.05, 3.63) is 18.2 Å². The molecule has 1 aliphatic heterocycles. The third kappa shape index (κ3) is 2.73. The van der Waals surface area contributed by atoms with Crippen molar-refractivity contribution in [2.75, 3.05) is 6.61 Å². The fraction of sp³-hybridized carbons (Fsp3) is 0.727. The monoisotopic (exact) mass is 228 g/mol. The molecular weight excluding hydrogens is 212 g/mol. The van der Waals surface area contributed by atoms with E-state index in [1.807, 2.05) is 12.5 Å². The maximum absolute atomic E-state index is 5.83. The Balaban J connectivity index is 1.96. The lowest BCUT2D eigenvalue weighted by Gasteiger charge is -2.27. The largest absolute Gasteiger partial charge is 0.378 e. The minimum atomic E-state index is 0.395. The molecule has 1 aromatic rings. The molecule has 2 atom stereocenters. The Morgan fingerprint density at radius 2 is 2.53 bits per heavy atom. The molecule has 15 heavy (non-hydrogen) atoms. The van der Waals surface area contributed by atoms with E-state index in [2.05, 4.69) is 16.5 Å².